The minimum Gasteiger partial charge on any atom is -0.493 e. The number of benzene rings is 2. The highest BCUT2D eigenvalue weighted by Gasteiger charge is 2.12. The van der Waals surface area contributed by atoms with Gasteiger partial charge in [0.1, 0.15) is 5.82 Å². The summed E-state index contributed by atoms with van der Waals surface area (Å²) in [4.78, 5) is 19.9. The van der Waals surface area contributed by atoms with Gasteiger partial charge in [-0.05, 0) is 43.2 Å². The van der Waals surface area contributed by atoms with Crippen molar-refractivity contribution in [2.24, 2.45) is 0 Å². The largest absolute Gasteiger partial charge is 0.493 e. The average Bonchev–Trinajstić information content (AvgIpc) is 3.01. The lowest BCUT2D eigenvalue weighted by Crippen LogP contribution is -2.15. The lowest BCUT2D eigenvalue weighted by Gasteiger charge is -2.09. The van der Waals surface area contributed by atoms with Crippen LogP contribution in [0.5, 0.6) is 11.5 Å². The third-order valence-corrected chi connectivity index (χ3v) is 4.74. The van der Waals surface area contributed by atoms with Crippen LogP contribution in [-0.2, 0) is 6.54 Å². The van der Waals surface area contributed by atoms with Crippen LogP contribution in [0.25, 0.3) is 21.8 Å². The molecule has 0 saturated carbocycles. The Hall–Kier alpha value is -3.35. The highest BCUT2D eigenvalue weighted by molar-refractivity contribution is 5.82. The first-order chi connectivity index (χ1) is 13.0. The fourth-order valence-corrected chi connectivity index (χ4v) is 3.16. The number of aryl methyl sites for hydroxylation is 2. The number of hydrogen-bond acceptors (Lipinski definition) is 5. The first kappa shape index (κ1) is 17.1. The van der Waals surface area contributed by atoms with Crippen molar-refractivity contribution < 1.29 is 9.47 Å². The summed E-state index contributed by atoms with van der Waals surface area (Å²) in [5.41, 5.74) is 3.67. The molecule has 138 valence electrons. The third kappa shape index (κ3) is 3.01. The maximum absolute atomic E-state index is 12.5. The summed E-state index contributed by atoms with van der Waals surface area (Å²) >= 11 is 0. The molecule has 0 saturated heterocycles. The van der Waals surface area contributed by atoms with Crippen LogP contribution in [0.4, 0.5) is 0 Å². The van der Waals surface area contributed by atoms with Crippen molar-refractivity contribution in [3.05, 3.63) is 57.8 Å². The molecule has 0 fully saturated rings. The smallest absolute Gasteiger partial charge is 0.258 e. The van der Waals surface area contributed by atoms with Crippen LogP contribution in [0.15, 0.2) is 35.3 Å². The van der Waals surface area contributed by atoms with E-state index in [1.807, 2.05) is 6.20 Å². The zero-order valence-corrected chi connectivity index (χ0v) is 15.7. The number of hydrogen-bond donors (Lipinski definition) is 1. The van der Waals surface area contributed by atoms with E-state index in [-0.39, 0.29) is 5.56 Å². The van der Waals surface area contributed by atoms with Crippen LogP contribution in [0, 0.1) is 13.8 Å². The molecule has 0 aliphatic rings. The quantitative estimate of drug-likeness (QED) is 0.602. The molecule has 0 amide bonds. The van der Waals surface area contributed by atoms with Gasteiger partial charge in [-0.2, -0.15) is 5.10 Å². The molecular formula is C20H20N4O3. The molecule has 27 heavy (non-hydrogen) atoms. The Morgan fingerprint density at radius 1 is 1.00 bits per heavy atom. The van der Waals surface area contributed by atoms with Gasteiger partial charge in [-0.15, -0.1) is 0 Å². The van der Waals surface area contributed by atoms with E-state index in [2.05, 4.69) is 41.0 Å². The van der Waals surface area contributed by atoms with Crippen molar-refractivity contribution in [1.29, 1.82) is 0 Å². The summed E-state index contributed by atoms with van der Waals surface area (Å²) in [6.07, 6.45) is 1.96. The van der Waals surface area contributed by atoms with Gasteiger partial charge in [0, 0.05) is 17.6 Å². The molecule has 2 aromatic heterocycles. The predicted molar refractivity (Wildman–Crippen MR) is 104 cm³/mol. The number of nitrogens with one attached hydrogen (secondary N) is 1. The molecule has 2 heterocycles. The van der Waals surface area contributed by atoms with Crippen molar-refractivity contribution in [3.8, 4) is 11.5 Å². The van der Waals surface area contributed by atoms with E-state index in [1.165, 1.54) is 18.2 Å². The molecule has 0 aliphatic heterocycles. The number of H-pyrrole nitrogens is 1. The van der Waals surface area contributed by atoms with Gasteiger partial charge in [0.15, 0.2) is 11.5 Å². The lowest BCUT2D eigenvalue weighted by molar-refractivity contribution is 0.355. The van der Waals surface area contributed by atoms with Crippen molar-refractivity contribution in [2.45, 2.75) is 20.4 Å². The zero-order chi connectivity index (χ0) is 19.1. The Morgan fingerprint density at radius 2 is 1.70 bits per heavy atom. The number of aromatic amines is 1. The Kier molecular flexibility index (Phi) is 4.07. The van der Waals surface area contributed by atoms with E-state index in [0.29, 0.717) is 34.8 Å². The molecule has 7 heteroatoms. The summed E-state index contributed by atoms with van der Waals surface area (Å²) in [7, 11) is 3.09. The highest BCUT2D eigenvalue weighted by Crippen LogP contribution is 2.30. The second kappa shape index (κ2) is 6.42. The topological polar surface area (TPSA) is 82.0 Å². The van der Waals surface area contributed by atoms with Crippen LogP contribution in [-0.4, -0.2) is 34.0 Å². The second-order valence-corrected chi connectivity index (χ2v) is 6.56. The third-order valence-electron chi connectivity index (χ3n) is 4.74. The Balaban J connectivity index is 1.77. The Morgan fingerprint density at radius 3 is 2.44 bits per heavy atom. The van der Waals surface area contributed by atoms with Crippen molar-refractivity contribution in [2.75, 3.05) is 14.2 Å². The van der Waals surface area contributed by atoms with Crippen LogP contribution in [0.3, 0.4) is 0 Å². The SMILES string of the molecule is COc1cc2nc(Cn3cc4cc(C)c(C)cc4n3)[nH]c(=O)c2cc1OC. The summed E-state index contributed by atoms with van der Waals surface area (Å²) < 4.78 is 12.4. The molecule has 0 aliphatic carbocycles. The average molecular weight is 364 g/mol. The van der Waals surface area contributed by atoms with Crippen LogP contribution in [0.2, 0.25) is 0 Å². The molecule has 2 aromatic carbocycles. The Labute approximate surface area is 155 Å². The molecule has 0 unspecified atom stereocenters. The maximum Gasteiger partial charge on any atom is 0.258 e. The number of ether oxygens (including phenoxy) is 2. The van der Waals surface area contributed by atoms with Crippen molar-refractivity contribution in [1.82, 2.24) is 19.7 Å². The summed E-state index contributed by atoms with van der Waals surface area (Å²) in [5, 5.41) is 6.11. The second-order valence-electron chi connectivity index (χ2n) is 6.56. The fraction of sp³-hybridized carbons (Fsp3) is 0.250. The number of methoxy groups -OCH3 is 2. The molecule has 0 spiro atoms. The van der Waals surface area contributed by atoms with Crippen LogP contribution < -0.4 is 15.0 Å². The normalized spacial score (nSPS) is 11.3. The predicted octanol–water partition coefficient (Wildman–Crippen LogP) is 2.96. The van der Waals surface area contributed by atoms with Crippen molar-refractivity contribution in [3.63, 3.8) is 0 Å². The van der Waals surface area contributed by atoms with E-state index in [9.17, 15) is 4.79 Å². The lowest BCUT2D eigenvalue weighted by atomic mass is 10.1. The molecule has 1 N–H and O–H groups in total. The molecule has 0 atom stereocenters. The van der Waals surface area contributed by atoms with Crippen molar-refractivity contribution >= 4 is 21.8 Å². The zero-order valence-electron chi connectivity index (χ0n) is 15.7. The summed E-state index contributed by atoms with van der Waals surface area (Å²) in [5.74, 6) is 1.56. The maximum atomic E-state index is 12.5. The first-order valence-corrected chi connectivity index (χ1v) is 8.58. The summed E-state index contributed by atoms with van der Waals surface area (Å²) in [6.45, 7) is 4.51. The van der Waals surface area contributed by atoms with E-state index in [4.69, 9.17) is 9.47 Å². The first-order valence-electron chi connectivity index (χ1n) is 8.58. The Bertz CT molecular complexity index is 1180. The van der Waals surface area contributed by atoms with Crippen LogP contribution >= 0.6 is 0 Å². The number of rotatable bonds is 4. The summed E-state index contributed by atoms with van der Waals surface area (Å²) in [6, 6.07) is 7.52. The monoisotopic (exact) mass is 364 g/mol. The number of fused-ring (bicyclic) bond motifs is 2. The standard InChI is InChI=1S/C20H20N4O3/c1-11-5-13-9-24(23-15(13)6-12(11)2)10-19-21-16-8-18(27-4)17(26-3)7-14(16)20(25)22-19/h5-9H,10H2,1-4H3,(H,21,22,25). The van der Waals surface area contributed by atoms with Gasteiger partial charge in [0.25, 0.3) is 5.56 Å². The van der Waals surface area contributed by atoms with Gasteiger partial charge >= 0.3 is 0 Å². The molecular weight excluding hydrogens is 344 g/mol. The van der Waals surface area contributed by atoms with Gasteiger partial charge < -0.3 is 14.5 Å². The molecule has 4 aromatic rings. The van der Waals surface area contributed by atoms with E-state index in [1.54, 1.807) is 23.9 Å². The molecule has 4 rings (SSSR count). The van der Waals surface area contributed by atoms with Gasteiger partial charge in [-0.1, -0.05) is 0 Å². The van der Waals surface area contributed by atoms with Gasteiger partial charge in [0.05, 0.1) is 37.2 Å². The van der Waals surface area contributed by atoms with Crippen LogP contribution in [0.1, 0.15) is 17.0 Å². The van der Waals surface area contributed by atoms with Gasteiger partial charge in [-0.3, -0.25) is 9.48 Å². The van der Waals surface area contributed by atoms with E-state index < -0.39 is 0 Å². The minimum absolute atomic E-state index is 0.223. The number of nitrogens with zero attached hydrogens (tertiary/aromatic N) is 3. The molecule has 7 nitrogen and oxygen atoms in total. The highest BCUT2D eigenvalue weighted by atomic mass is 16.5. The van der Waals surface area contributed by atoms with E-state index in [0.717, 1.165) is 10.9 Å². The molecule has 0 bridgehead atoms. The van der Waals surface area contributed by atoms with Gasteiger partial charge in [-0.25, -0.2) is 4.98 Å². The fourth-order valence-electron chi connectivity index (χ4n) is 3.16. The minimum atomic E-state index is -0.223. The van der Waals surface area contributed by atoms with E-state index >= 15 is 0 Å². The number of aromatic nitrogens is 4. The molecule has 0 radical (unpaired) electrons. The van der Waals surface area contributed by atoms with Gasteiger partial charge in [0.2, 0.25) is 0 Å².